The smallest absolute Gasteiger partial charge is 0.262 e. The molecule has 6 nitrogen and oxygen atoms in total. The van der Waals surface area contributed by atoms with Crippen LogP contribution in [0.15, 0.2) is 36.4 Å². The van der Waals surface area contributed by atoms with Gasteiger partial charge in [0.15, 0.2) is 6.61 Å². The summed E-state index contributed by atoms with van der Waals surface area (Å²) in [4.78, 5) is 23.3. The Morgan fingerprint density at radius 1 is 1.04 bits per heavy atom. The lowest BCUT2D eigenvalue weighted by Gasteiger charge is -2.13. The molecule has 0 aliphatic carbocycles. The van der Waals surface area contributed by atoms with Crippen LogP contribution >= 0.6 is 23.2 Å². The lowest BCUT2D eigenvalue weighted by atomic mass is 10.2. The van der Waals surface area contributed by atoms with Crippen molar-refractivity contribution in [2.45, 2.75) is 6.92 Å². The van der Waals surface area contributed by atoms with Gasteiger partial charge in [-0.25, -0.2) is 0 Å². The lowest BCUT2D eigenvalue weighted by molar-refractivity contribution is -0.118. The predicted molar refractivity (Wildman–Crippen MR) is 97.9 cm³/mol. The first-order valence-corrected chi connectivity index (χ1v) is 7.97. The third kappa shape index (κ3) is 5.85. The number of methoxy groups -OCH3 is 1. The number of halogens is 2. The van der Waals surface area contributed by atoms with E-state index in [9.17, 15) is 9.59 Å². The summed E-state index contributed by atoms with van der Waals surface area (Å²) < 4.78 is 10.6. The first-order chi connectivity index (χ1) is 11.9. The molecule has 0 radical (unpaired) electrons. The third-order valence-corrected chi connectivity index (χ3v) is 3.44. The Kier molecular flexibility index (Phi) is 6.50. The number of nitrogens with one attached hydrogen (secondary N) is 2. The van der Waals surface area contributed by atoms with Crippen LogP contribution in [0.1, 0.15) is 6.92 Å². The van der Waals surface area contributed by atoms with Gasteiger partial charge in [-0.15, -0.1) is 0 Å². The largest absolute Gasteiger partial charge is 0.495 e. The van der Waals surface area contributed by atoms with Crippen LogP contribution in [0.4, 0.5) is 11.4 Å². The second-order valence-corrected chi connectivity index (χ2v) is 5.91. The molecular formula is C17H16Cl2N2O4. The van der Waals surface area contributed by atoms with E-state index in [0.717, 1.165) is 0 Å². The molecule has 0 bridgehead atoms. The van der Waals surface area contributed by atoms with Crippen LogP contribution in [0.2, 0.25) is 10.0 Å². The molecule has 0 unspecified atom stereocenters. The van der Waals surface area contributed by atoms with Gasteiger partial charge in [-0.05, 0) is 36.4 Å². The summed E-state index contributed by atoms with van der Waals surface area (Å²) in [5.74, 6) is 0.206. The van der Waals surface area contributed by atoms with Gasteiger partial charge in [0.1, 0.15) is 11.5 Å². The van der Waals surface area contributed by atoms with Gasteiger partial charge >= 0.3 is 0 Å². The standard InChI is InChI=1S/C17H16Cl2N2O4/c1-10(22)20-13-3-4-16(24-2)15(8-13)21-17(23)9-25-14-6-11(18)5-12(19)7-14/h3-8H,9H2,1-2H3,(H,20,22)(H,21,23). The van der Waals surface area contributed by atoms with Gasteiger partial charge in [0.25, 0.3) is 5.91 Å². The number of amides is 2. The summed E-state index contributed by atoms with van der Waals surface area (Å²) in [6, 6.07) is 9.57. The zero-order chi connectivity index (χ0) is 18.4. The quantitative estimate of drug-likeness (QED) is 0.791. The summed E-state index contributed by atoms with van der Waals surface area (Å²) in [5.41, 5.74) is 0.942. The molecule has 0 heterocycles. The van der Waals surface area contributed by atoms with Crippen LogP contribution in [0, 0.1) is 0 Å². The third-order valence-electron chi connectivity index (χ3n) is 3.00. The molecule has 0 aliphatic heterocycles. The molecule has 0 fully saturated rings. The maximum Gasteiger partial charge on any atom is 0.262 e. The van der Waals surface area contributed by atoms with E-state index >= 15 is 0 Å². The molecule has 2 aromatic carbocycles. The van der Waals surface area contributed by atoms with E-state index in [1.165, 1.54) is 14.0 Å². The normalized spacial score (nSPS) is 10.1. The molecule has 25 heavy (non-hydrogen) atoms. The van der Waals surface area contributed by atoms with Crippen molar-refractivity contribution in [2.24, 2.45) is 0 Å². The number of carbonyl (C=O) groups excluding carboxylic acids is 2. The van der Waals surface area contributed by atoms with E-state index in [1.54, 1.807) is 36.4 Å². The van der Waals surface area contributed by atoms with Crippen molar-refractivity contribution >= 4 is 46.4 Å². The summed E-state index contributed by atoms with van der Waals surface area (Å²) in [5, 5.41) is 6.12. The number of ether oxygens (including phenoxy) is 2. The molecule has 0 aliphatic rings. The molecule has 0 aromatic heterocycles. The Balaban J connectivity index is 2.04. The molecule has 0 saturated carbocycles. The molecule has 2 aromatic rings. The SMILES string of the molecule is COc1ccc(NC(C)=O)cc1NC(=O)COc1cc(Cl)cc(Cl)c1. The second-order valence-electron chi connectivity index (χ2n) is 5.04. The minimum Gasteiger partial charge on any atom is -0.495 e. The molecule has 0 spiro atoms. The van der Waals surface area contributed by atoms with Gasteiger partial charge in [-0.3, -0.25) is 9.59 Å². The van der Waals surface area contributed by atoms with Crippen LogP contribution in [-0.4, -0.2) is 25.5 Å². The van der Waals surface area contributed by atoms with Gasteiger partial charge in [0.05, 0.1) is 12.8 Å². The highest BCUT2D eigenvalue weighted by molar-refractivity contribution is 6.34. The Morgan fingerprint density at radius 2 is 1.72 bits per heavy atom. The van der Waals surface area contributed by atoms with Gasteiger partial charge < -0.3 is 20.1 Å². The van der Waals surface area contributed by atoms with Gasteiger partial charge in [0.2, 0.25) is 5.91 Å². The second kappa shape index (κ2) is 8.60. The van der Waals surface area contributed by atoms with Crippen molar-refractivity contribution < 1.29 is 19.1 Å². The number of hydrogen-bond donors (Lipinski definition) is 2. The average Bonchev–Trinajstić information content (AvgIpc) is 2.52. The number of benzene rings is 2. The van der Waals surface area contributed by atoms with E-state index in [4.69, 9.17) is 32.7 Å². The summed E-state index contributed by atoms with van der Waals surface area (Å²) in [7, 11) is 1.48. The van der Waals surface area contributed by atoms with Crippen LogP contribution in [-0.2, 0) is 9.59 Å². The van der Waals surface area contributed by atoms with Crippen molar-refractivity contribution in [3.8, 4) is 11.5 Å². The highest BCUT2D eigenvalue weighted by Gasteiger charge is 2.10. The minimum absolute atomic E-state index is 0.219. The Bertz CT molecular complexity index is 776. The fourth-order valence-electron chi connectivity index (χ4n) is 2.03. The van der Waals surface area contributed by atoms with Crippen LogP contribution < -0.4 is 20.1 Å². The zero-order valence-electron chi connectivity index (χ0n) is 13.6. The molecule has 132 valence electrons. The number of anilines is 2. The van der Waals surface area contributed by atoms with Crippen LogP contribution in [0.25, 0.3) is 0 Å². The number of rotatable bonds is 6. The molecule has 2 N–H and O–H groups in total. The zero-order valence-corrected chi connectivity index (χ0v) is 15.1. The lowest BCUT2D eigenvalue weighted by Crippen LogP contribution is -2.20. The monoisotopic (exact) mass is 382 g/mol. The molecule has 0 saturated heterocycles. The summed E-state index contributed by atoms with van der Waals surface area (Å²) in [6.07, 6.45) is 0. The molecule has 8 heteroatoms. The molecule has 2 amide bonds. The summed E-state index contributed by atoms with van der Waals surface area (Å²) >= 11 is 11.8. The van der Waals surface area contributed by atoms with Crippen LogP contribution in [0.3, 0.4) is 0 Å². The first kappa shape index (κ1) is 18.9. The van der Waals surface area contributed by atoms with E-state index in [0.29, 0.717) is 32.9 Å². The van der Waals surface area contributed by atoms with Gasteiger partial charge in [-0.2, -0.15) is 0 Å². The van der Waals surface area contributed by atoms with Crippen LogP contribution in [0.5, 0.6) is 11.5 Å². The van der Waals surface area contributed by atoms with E-state index in [2.05, 4.69) is 10.6 Å². The number of carbonyl (C=O) groups is 2. The molecular weight excluding hydrogens is 367 g/mol. The van der Waals surface area contributed by atoms with Gasteiger partial charge in [-0.1, -0.05) is 23.2 Å². The topological polar surface area (TPSA) is 76.7 Å². The highest BCUT2D eigenvalue weighted by atomic mass is 35.5. The van der Waals surface area contributed by atoms with E-state index in [-0.39, 0.29) is 12.5 Å². The maximum absolute atomic E-state index is 12.1. The van der Waals surface area contributed by atoms with Crippen molar-refractivity contribution in [2.75, 3.05) is 24.4 Å². The predicted octanol–water partition coefficient (Wildman–Crippen LogP) is 3.98. The minimum atomic E-state index is -0.408. The first-order valence-electron chi connectivity index (χ1n) is 7.22. The maximum atomic E-state index is 12.1. The Hall–Kier alpha value is -2.44. The van der Waals surface area contributed by atoms with Crippen molar-refractivity contribution in [1.82, 2.24) is 0 Å². The average molecular weight is 383 g/mol. The highest BCUT2D eigenvalue weighted by Crippen LogP contribution is 2.28. The number of hydrogen-bond acceptors (Lipinski definition) is 4. The summed E-state index contributed by atoms with van der Waals surface area (Å²) in [6.45, 7) is 1.15. The van der Waals surface area contributed by atoms with Crippen molar-refractivity contribution in [3.05, 3.63) is 46.4 Å². The fraction of sp³-hybridized carbons (Fsp3) is 0.176. The van der Waals surface area contributed by atoms with E-state index in [1.807, 2.05) is 0 Å². The molecule has 2 rings (SSSR count). The fourth-order valence-corrected chi connectivity index (χ4v) is 2.54. The van der Waals surface area contributed by atoms with E-state index < -0.39 is 5.91 Å². The van der Waals surface area contributed by atoms with Crippen molar-refractivity contribution in [3.63, 3.8) is 0 Å². The Morgan fingerprint density at radius 3 is 2.32 bits per heavy atom. The Labute approximate surface area is 155 Å². The van der Waals surface area contributed by atoms with Crippen molar-refractivity contribution in [1.29, 1.82) is 0 Å². The van der Waals surface area contributed by atoms with Gasteiger partial charge in [0, 0.05) is 22.7 Å². The molecule has 0 atom stereocenters.